The smallest absolute Gasteiger partial charge is 0.329 e. The molecule has 2 N–H and O–H groups in total. The van der Waals surface area contributed by atoms with Crippen LogP contribution in [0, 0.1) is 0 Å². The largest absolute Gasteiger partial charge is 0.496 e. The first-order valence-corrected chi connectivity index (χ1v) is 16.4. The summed E-state index contributed by atoms with van der Waals surface area (Å²) in [5.74, 6) is -0.842. The zero-order valence-corrected chi connectivity index (χ0v) is 29.7. The van der Waals surface area contributed by atoms with Gasteiger partial charge in [-0.2, -0.15) is 0 Å². The number of esters is 1. The van der Waals surface area contributed by atoms with Crippen molar-refractivity contribution in [3.8, 4) is 34.3 Å². The lowest BCUT2D eigenvalue weighted by Crippen LogP contribution is -2.47. The summed E-state index contributed by atoms with van der Waals surface area (Å²) in [5, 5.41) is 5.55. The fourth-order valence-corrected chi connectivity index (χ4v) is 5.44. The minimum absolute atomic E-state index is 0.00260. The van der Waals surface area contributed by atoms with E-state index in [9.17, 15) is 19.2 Å². The fourth-order valence-electron chi connectivity index (χ4n) is 5.44. The zero-order chi connectivity index (χ0) is 37.4. The van der Waals surface area contributed by atoms with E-state index in [1.807, 2.05) is 30.3 Å². The Morgan fingerprint density at radius 3 is 2.19 bits per heavy atom. The van der Waals surface area contributed by atoms with Crippen LogP contribution < -0.4 is 35.0 Å². The molecule has 12 nitrogen and oxygen atoms in total. The molecule has 52 heavy (non-hydrogen) atoms. The predicted molar refractivity (Wildman–Crippen MR) is 195 cm³/mol. The SMILES string of the molecule is COc1ccccc1C(=O)Nc1cccc(-c2cc(=O)c3c(OCC(=O)N[C@@H](Cc4ccccc4)C(=O)OC(C)(C)C)c(OC)c(OC)cc3o2)c1. The van der Waals surface area contributed by atoms with Crippen molar-refractivity contribution in [2.75, 3.05) is 33.3 Å². The Hall–Kier alpha value is -6.30. The van der Waals surface area contributed by atoms with E-state index in [1.165, 1.54) is 33.5 Å². The molecule has 1 heterocycles. The molecule has 0 aliphatic heterocycles. The van der Waals surface area contributed by atoms with Crippen LogP contribution >= 0.6 is 0 Å². The van der Waals surface area contributed by atoms with Crippen molar-refractivity contribution in [1.29, 1.82) is 0 Å². The monoisotopic (exact) mass is 708 g/mol. The Morgan fingerprint density at radius 1 is 0.788 bits per heavy atom. The fraction of sp³-hybridized carbons (Fsp3) is 0.250. The predicted octanol–water partition coefficient (Wildman–Crippen LogP) is 6.19. The lowest BCUT2D eigenvalue weighted by molar-refractivity contribution is -0.158. The molecule has 0 saturated heterocycles. The molecule has 0 unspecified atom stereocenters. The Morgan fingerprint density at radius 2 is 1.50 bits per heavy atom. The minimum Gasteiger partial charge on any atom is -0.496 e. The number of benzene rings is 4. The number of para-hydroxylation sites is 1. The van der Waals surface area contributed by atoms with Crippen LogP contribution in [0.25, 0.3) is 22.3 Å². The summed E-state index contributed by atoms with van der Waals surface area (Å²) in [6.45, 7) is 4.64. The number of carbonyl (C=O) groups excluding carboxylic acids is 3. The number of hydrogen-bond donors (Lipinski definition) is 2. The Labute approximate surface area is 300 Å². The molecule has 1 aromatic heterocycles. The highest BCUT2D eigenvalue weighted by atomic mass is 16.6. The number of rotatable bonds is 13. The van der Waals surface area contributed by atoms with Crippen molar-refractivity contribution in [3.05, 3.63) is 112 Å². The molecule has 0 aliphatic rings. The number of ether oxygens (including phenoxy) is 5. The van der Waals surface area contributed by atoms with Gasteiger partial charge in [0.05, 0.1) is 26.9 Å². The summed E-state index contributed by atoms with van der Waals surface area (Å²) in [7, 11) is 4.26. The summed E-state index contributed by atoms with van der Waals surface area (Å²) in [5.41, 5.74) is 0.944. The number of amides is 2. The first kappa shape index (κ1) is 37.0. The number of fused-ring (bicyclic) bond motifs is 1. The van der Waals surface area contributed by atoms with Gasteiger partial charge in [0.15, 0.2) is 23.5 Å². The molecular formula is C40H40N2O10. The van der Waals surface area contributed by atoms with Gasteiger partial charge in [-0.3, -0.25) is 14.4 Å². The third kappa shape index (κ3) is 8.88. The molecule has 2 amide bonds. The summed E-state index contributed by atoms with van der Waals surface area (Å²) >= 11 is 0. The molecule has 0 spiro atoms. The highest BCUT2D eigenvalue weighted by Gasteiger charge is 2.28. The van der Waals surface area contributed by atoms with E-state index < -0.39 is 35.6 Å². The molecule has 0 radical (unpaired) electrons. The zero-order valence-electron chi connectivity index (χ0n) is 29.7. The van der Waals surface area contributed by atoms with Crippen LogP contribution in [-0.4, -0.2) is 57.4 Å². The maximum absolute atomic E-state index is 13.7. The number of anilines is 1. The van der Waals surface area contributed by atoms with Crippen LogP contribution in [0.4, 0.5) is 5.69 Å². The van der Waals surface area contributed by atoms with Gasteiger partial charge in [0, 0.05) is 29.8 Å². The van der Waals surface area contributed by atoms with Crippen LogP contribution in [0.1, 0.15) is 36.7 Å². The van der Waals surface area contributed by atoms with E-state index in [-0.39, 0.29) is 46.3 Å². The minimum atomic E-state index is -1.01. The average molecular weight is 709 g/mol. The van der Waals surface area contributed by atoms with Crippen LogP contribution in [0.3, 0.4) is 0 Å². The highest BCUT2D eigenvalue weighted by Crippen LogP contribution is 2.43. The number of nitrogens with one attached hydrogen (secondary N) is 2. The van der Waals surface area contributed by atoms with E-state index in [0.717, 1.165) is 5.56 Å². The maximum Gasteiger partial charge on any atom is 0.329 e. The third-order valence-electron chi connectivity index (χ3n) is 7.73. The Kier molecular flexibility index (Phi) is 11.5. The molecule has 0 fully saturated rings. The van der Waals surface area contributed by atoms with Crippen molar-refractivity contribution in [1.82, 2.24) is 5.32 Å². The van der Waals surface area contributed by atoms with E-state index in [2.05, 4.69) is 10.6 Å². The van der Waals surface area contributed by atoms with E-state index in [0.29, 0.717) is 22.6 Å². The quantitative estimate of drug-likeness (QED) is 0.136. The maximum atomic E-state index is 13.7. The van der Waals surface area contributed by atoms with Gasteiger partial charge in [-0.1, -0.05) is 54.6 Å². The van der Waals surface area contributed by atoms with E-state index in [4.69, 9.17) is 28.1 Å². The molecule has 5 rings (SSSR count). The molecule has 12 heteroatoms. The van der Waals surface area contributed by atoms with Crippen molar-refractivity contribution in [2.24, 2.45) is 0 Å². The Bertz CT molecular complexity index is 2140. The van der Waals surface area contributed by atoms with Crippen molar-refractivity contribution < 1.29 is 42.5 Å². The van der Waals surface area contributed by atoms with Gasteiger partial charge in [0.1, 0.15) is 34.1 Å². The molecule has 5 aromatic rings. The number of carbonyl (C=O) groups is 3. The second kappa shape index (κ2) is 16.2. The van der Waals surface area contributed by atoms with Gasteiger partial charge >= 0.3 is 5.97 Å². The molecule has 0 saturated carbocycles. The third-order valence-corrected chi connectivity index (χ3v) is 7.73. The standard InChI is InChI=1S/C40H40N2O10/c1-40(2,3)52-39(46)28(19-24-13-8-7-9-14-24)42-34(44)23-50-37-35-29(43)21-31(51-32(35)22-33(48-5)36(37)49-6)25-15-12-16-26(20-25)41-38(45)27-17-10-11-18-30(27)47-4/h7-18,20-22,28H,19,23H2,1-6H3,(H,41,45)(H,42,44)/t28-/m0/s1. The van der Waals surface area contributed by atoms with Crippen molar-refractivity contribution >= 4 is 34.4 Å². The van der Waals surface area contributed by atoms with E-state index >= 15 is 0 Å². The molecule has 270 valence electrons. The highest BCUT2D eigenvalue weighted by molar-refractivity contribution is 6.06. The molecule has 0 bridgehead atoms. The lowest BCUT2D eigenvalue weighted by Gasteiger charge is -2.25. The molecule has 0 aliphatic carbocycles. The molecular weight excluding hydrogens is 668 g/mol. The summed E-state index contributed by atoms with van der Waals surface area (Å²) in [4.78, 5) is 53.1. The summed E-state index contributed by atoms with van der Waals surface area (Å²) in [6.07, 6.45) is 0.185. The second-order valence-corrected chi connectivity index (χ2v) is 12.7. The van der Waals surface area contributed by atoms with Gasteiger partial charge in [-0.25, -0.2) is 4.79 Å². The van der Waals surface area contributed by atoms with E-state index in [1.54, 1.807) is 69.3 Å². The van der Waals surface area contributed by atoms with Crippen molar-refractivity contribution in [2.45, 2.75) is 38.8 Å². The first-order chi connectivity index (χ1) is 24.9. The van der Waals surface area contributed by atoms with Crippen LogP contribution in [0.15, 0.2) is 100 Å². The Balaban J connectivity index is 1.42. The second-order valence-electron chi connectivity index (χ2n) is 12.7. The van der Waals surface area contributed by atoms with Crippen LogP contribution in [0.5, 0.6) is 23.0 Å². The molecule has 4 aromatic carbocycles. The normalized spacial score (nSPS) is 11.7. The molecule has 1 atom stereocenters. The van der Waals surface area contributed by atoms with Crippen molar-refractivity contribution in [3.63, 3.8) is 0 Å². The van der Waals surface area contributed by atoms with Gasteiger partial charge < -0.3 is 38.7 Å². The van der Waals surface area contributed by atoms with Gasteiger partial charge in [0.25, 0.3) is 11.8 Å². The summed E-state index contributed by atoms with van der Waals surface area (Å²) in [6, 6.07) is 24.6. The average Bonchev–Trinajstić information content (AvgIpc) is 3.12. The topological polar surface area (TPSA) is 152 Å². The summed E-state index contributed by atoms with van der Waals surface area (Å²) < 4.78 is 34.1. The number of methoxy groups -OCH3 is 3. The van der Waals surface area contributed by atoms with Crippen LogP contribution in [-0.2, 0) is 20.7 Å². The van der Waals surface area contributed by atoms with Gasteiger partial charge in [0.2, 0.25) is 5.75 Å². The van der Waals surface area contributed by atoms with Crippen LogP contribution in [0.2, 0.25) is 0 Å². The van der Waals surface area contributed by atoms with Gasteiger partial charge in [-0.05, 0) is 50.6 Å². The van der Waals surface area contributed by atoms with Gasteiger partial charge in [-0.15, -0.1) is 0 Å². The first-order valence-electron chi connectivity index (χ1n) is 16.4. The number of hydrogen-bond acceptors (Lipinski definition) is 10. The lowest BCUT2D eigenvalue weighted by atomic mass is 10.1.